The maximum Gasteiger partial charge on any atom is 0.0941 e. The Labute approximate surface area is 131 Å². The maximum absolute atomic E-state index is 7.78. The van der Waals surface area contributed by atoms with E-state index in [1.165, 1.54) is 10.9 Å². The van der Waals surface area contributed by atoms with E-state index in [1.807, 2.05) is 12.1 Å². The van der Waals surface area contributed by atoms with E-state index < -0.39 is 0 Å². The Balaban J connectivity index is 2.29. The molecule has 0 aliphatic carbocycles. The van der Waals surface area contributed by atoms with Gasteiger partial charge in [-0.1, -0.05) is 31.5 Å². The van der Waals surface area contributed by atoms with Crippen molar-refractivity contribution < 1.29 is 0 Å². The van der Waals surface area contributed by atoms with Crippen LogP contribution in [0.4, 0.5) is 0 Å². The standard InChI is InChI=1S/C17H25N5/c1-2-5-11(8-12(17(20)21)9-16(18)19)14-10-22-15-7-4-3-6-13(14)15/h3-4,6-7,10-12,22H,2,5,8-9H2,1H3,(H3,18,19)(H3,20,21). The van der Waals surface area contributed by atoms with Crippen molar-refractivity contribution in [1.29, 1.82) is 10.8 Å². The van der Waals surface area contributed by atoms with E-state index in [0.29, 0.717) is 12.3 Å². The van der Waals surface area contributed by atoms with Gasteiger partial charge in [0.05, 0.1) is 11.7 Å². The number of hydrogen-bond donors (Lipinski definition) is 5. The zero-order valence-corrected chi connectivity index (χ0v) is 13.0. The average Bonchev–Trinajstić information content (AvgIpc) is 2.89. The number of aromatic amines is 1. The molecule has 2 unspecified atom stereocenters. The molecule has 0 saturated carbocycles. The van der Waals surface area contributed by atoms with Gasteiger partial charge in [0.25, 0.3) is 0 Å². The number of amidine groups is 2. The largest absolute Gasteiger partial charge is 0.388 e. The SMILES string of the molecule is CCCC(CC(CC(=N)N)C(=N)N)c1c[nH]c2ccccc12. The van der Waals surface area contributed by atoms with Crippen LogP contribution >= 0.6 is 0 Å². The van der Waals surface area contributed by atoms with Crippen LogP contribution in [0.2, 0.25) is 0 Å². The fraction of sp³-hybridized carbons (Fsp3) is 0.412. The van der Waals surface area contributed by atoms with Crippen molar-refractivity contribution in [2.45, 2.75) is 38.5 Å². The number of nitrogens with one attached hydrogen (secondary N) is 3. The van der Waals surface area contributed by atoms with Crippen LogP contribution in [0.3, 0.4) is 0 Å². The number of hydrogen-bond acceptors (Lipinski definition) is 2. The third-order valence-electron chi connectivity index (χ3n) is 4.17. The Hall–Kier alpha value is -2.30. The molecule has 0 fully saturated rings. The van der Waals surface area contributed by atoms with Crippen molar-refractivity contribution in [3.63, 3.8) is 0 Å². The van der Waals surface area contributed by atoms with Gasteiger partial charge >= 0.3 is 0 Å². The van der Waals surface area contributed by atoms with Gasteiger partial charge in [0.15, 0.2) is 0 Å². The zero-order chi connectivity index (χ0) is 16.1. The van der Waals surface area contributed by atoms with E-state index in [9.17, 15) is 0 Å². The van der Waals surface area contributed by atoms with Crippen molar-refractivity contribution in [3.8, 4) is 0 Å². The van der Waals surface area contributed by atoms with Crippen molar-refractivity contribution in [3.05, 3.63) is 36.0 Å². The highest BCUT2D eigenvalue weighted by atomic mass is 14.7. The van der Waals surface area contributed by atoms with E-state index in [1.54, 1.807) is 0 Å². The molecule has 5 nitrogen and oxygen atoms in total. The minimum atomic E-state index is -0.164. The first-order valence-electron chi connectivity index (χ1n) is 7.75. The maximum atomic E-state index is 7.78. The van der Waals surface area contributed by atoms with Crippen molar-refractivity contribution in [2.24, 2.45) is 17.4 Å². The third kappa shape index (κ3) is 3.67. The fourth-order valence-corrected chi connectivity index (χ4v) is 3.11. The van der Waals surface area contributed by atoms with E-state index in [0.717, 1.165) is 24.8 Å². The second-order valence-corrected chi connectivity index (χ2v) is 5.89. The molecule has 7 N–H and O–H groups in total. The van der Waals surface area contributed by atoms with Gasteiger partial charge in [-0.3, -0.25) is 10.8 Å². The Morgan fingerprint density at radius 1 is 1.23 bits per heavy atom. The molecule has 0 radical (unpaired) electrons. The second kappa shape index (κ2) is 7.11. The van der Waals surface area contributed by atoms with Crippen LogP contribution in [0.25, 0.3) is 10.9 Å². The minimum Gasteiger partial charge on any atom is -0.388 e. The Morgan fingerprint density at radius 2 is 1.95 bits per heavy atom. The topological polar surface area (TPSA) is 116 Å². The number of nitrogens with two attached hydrogens (primary N) is 2. The second-order valence-electron chi connectivity index (χ2n) is 5.89. The number of H-pyrrole nitrogens is 1. The first kappa shape index (κ1) is 16.1. The van der Waals surface area contributed by atoms with Crippen LogP contribution < -0.4 is 11.5 Å². The predicted octanol–water partition coefficient (Wildman–Crippen LogP) is 3.32. The van der Waals surface area contributed by atoms with Gasteiger partial charge in [-0.2, -0.15) is 0 Å². The first-order valence-corrected chi connectivity index (χ1v) is 7.75. The summed E-state index contributed by atoms with van der Waals surface area (Å²) in [5, 5.41) is 16.5. The van der Waals surface area contributed by atoms with Crippen LogP contribution in [0.5, 0.6) is 0 Å². The lowest BCUT2D eigenvalue weighted by molar-refractivity contribution is 0.503. The highest BCUT2D eigenvalue weighted by molar-refractivity contribution is 5.87. The monoisotopic (exact) mass is 299 g/mol. The van der Waals surface area contributed by atoms with Gasteiger partial charge in [-0.05, 0) is 30.4 Å². The summed E-state index contributed by atoms with van der Waals surface area (Å²) >= 11 is 0. The molecule has 0 bridgehead atoms. The number of benzene rings is 1. The molecule has 2 rings (SSSR count). The van der Waals surface area contributed by atoms with Crippen LogP contribution in [0.15, 0.2) is 30.5 Å². The minimum absolute atomic E-state index is 0.0920. The van der Waals surface area contributed by atoms with E-state index in [4.69, 9.17) is 22.3 Å². The number of fused-ring (bicyclic) bond motifs is 1. The first-order chi connectivity index (χ1) is 10.5. The van der Waals surface area contributed by atoms with Gasteiger partial charge in [0, 0.05) is 29.4 Å². The summed E-state index contributed by atoms with van der Waals surface area (Å²) in [5.41, 5.74) is 13.6. The summed E-state index contributed by atoms with van der Waals surface area (Å²) in [6.07, 6.45) is 5.27. The molecule has 22 heavy (non-hydrogen) atoms. The molecule has 1 heterocycles. The molecule has 2 aromatic rings. The normalized spacial score (nSPS) is 13.9. The van der Waals surface area contributed by atoms with Crippen LogP contribution in [0, 0.1) is 16.7 Å². The Morgan fingerprint density at radius 3 is 2.59 bits per heavy atom. The third-order valence-corrected chi connectivity index (χ3v) is 4.17. The summed E-state index contributed by atoms with van der Waals surface area (Å²) in [7, 11) is 0. The smallest absolute Gasteiger partial charge is 0.0941 e. The lowest BCUT2D eigenvalue weighted by atomic mass is 9.83. The van der Waals surface area contributed by atoms with Crippen LogP contribution in [0.1, 0.15) is 44.1 Å². The zero-order valence-electron chi connectivity index (χ0n) is 13.0. The van der Waals surface area contributed by atoms with Gasteiger partial charge in [0.2, 0.25) is 0 Å². The van der Waals surface area contributed by atoms with E-state index in [2.05, 4.69) is 30.2 Å². The fourth-order valence-electron chi connectivity index (χ4n) is 3.11. The van der Waals surface area contributed by atoms with Crippen molar-refractivity contribution >= 4 is 22.6 Å². The molecule has 118 valence electrons. The quantitative estimate of drug-likeness (QED) is 0.380. The average molecular weight is 299 g/mol. The van der Waals surface area contributed by atoms with Crippen LogP contribution in [-0.4, -0.2) is 16.7 Å². The summed E-state index contributed by atoms with van der Waals surface area (Å²) in [6.45, 7) is 2.16. The van der Waals surface area contributed by atoms with Gasteiger partial charge in [0.1, 0.15) is 0 Å². The molecule has 2 atom stereocenters. The predicted molar refractivity (Wildman–Crippen MR) is 92.5 cm³/mol. The van der Waals surface area contributed by atoms with Crippen molar-refractivity contribution in [1.82, 2.24) is 4.98 Å². The summed E-state index contributed by atoms with van der Waals surface area (Å²) in [5.74, 6) is 0.364. The Kier molecular flexibility index (Phi) is 5.20. The highest BCUT2D eigenvalue weighted by Crippen LogP contribution is 2.34. The lowest BCUT2D eigenvalue weighted by Crippen LogP contribution is -2.28. The number of aromatic nitrogens is 1. The molecule has 1 aromatic carbocycles. The van der Waals surface area contributed by atoms with Gasteiger partial charge < -0.3 is 16.5 Å². The summed E-state index contributed by atoms with van der Waals surface area (Å²) in [4.78, 5) is 3.32. The summed E-state index contributed by atoms with van der Waals surface area (Å²) in [6, 6.07) is 8.25. The van der Waals surface area contributed by atoms with Gasteiger partial charge in [-0.15, -0.1) is 0 Å². The molecule has 0 spiro atoms. The summed E-state index contributed by atoms with van der Waals surface area (Å²) < 4.78 is 0. The molecule has 0 amide bonds. The van der Waals surface area contributed by atoms with E-state index in [-0.39, 0.29) is 17.6 Å². The van der Waals surface area contributed by atoms with E-state index >= 15 is 0 Å². The Bertz CT molecular complexity index is 658. The van der Waals surface area contributed by atoms with Crippen molar-refractivity contribution in [2.75, 3.05) is 0 Å². The molecule has 5 heteroatoms. The molecule has 0 aliphatic rings. The molecule has 0 saturated heterocycles. The molecule has 1 aromatic heterocycles. The lowest BCUT2D eigenvalue weighted by Gasteiger charge is -2.22. The number of para-hydroxylation sites is 1. The highest BCUT2D eigenvalue weighted by Gasteiger charge is 2.22. The van der Waals surface area contributed by atoms with Crippen LogP contribution in [-0.2, 0) is 0 Å². The molecule has 0 aliphatic heterocycles. The van der Waals surface area contributed by atoms with Gasteiger partial charge in [-0.25, -0.2) is 0 Å². The molecular weight excluding hydrogens is 274 g/mol. The molecular formula is C17H25N5. The number of rotatable bonds is 8.